The zero-order valence-electron chi connectivity index (χ0n) is 18.0. The molecule has 0 radical (unpaired) electrons. The van der Waals surface area contributed by atoms with Crippen molar-refractivity contribution in [2.24, 2.45) is 5.41 Å². The highest BCUT2D eigenvalue weighted by atomic mass is 35.5. The lowest BCUT2D eigenvalue weighted by Crippen LogP contribution is -2.52. The first-order chi connectivity index (χ1) is 14.4. The molecule has 4 rings (SSSR count). The molecule has 3 aliphatic rings. The van der Waals surface area contributed by atoms with Gasteiger partial charge in [0, 0.05) is 49.9 Å². The number of hydrogen-bond acceptors (Lipinski definition) is 4. The number of halogens is 1. The molecular weight excluding hydrogens is 402 g/mol. The van der Waals surface area contributed by atoms with E-state index in [1.807, 2.05) is 29.0 Å². The van der Waals surface area contributed by atoms with Crippen molar-refractivity contribution in [2.45, 2.75) is 37.6 Å². The number of nitrogens with zero attached hydrogens (tertiary/aromatic N) is 3. The van der Waals surface area contributed by atoms with Gasteiger partial charge in [0.25, 0.3) is 5.91 Å². The standard InChI is InChI=1S/C23H32ClN3O3/c1-25-21(29)22(6-10-26(11-7-22)14-15-30-2)17-23(25)8-12-27(13-9-23)20(28)18-4-3-5-19(24)16-18/h3-5,16H,6-15,17H2,1-2H3. The molecule has 0 aliphatic carbocycles. The van der Waals surface area contributed by atoms with E-state index in [0.717, 1.165) is 58.3 Å². The third kappa shape index (κ3) is 3.85. The smallest absolute Gasteiger partial charge is 0.253 e. The second-order valence-electron chi connectivity index (χ2n) is 9.18. The van der Waals surface area contributed by atoms with Crippen LogP contribution in [0.2, 0.25) is 5.02 Å². The van der Waals surface area contributed by atoms with E-state index in [-0.39, 0.29) is 16.9 Å². The van der Waals surface area contributed by atoms with Crippen molar-refractivity contribution >= 4 is 23.4 Å². The molecule has 0 atom stereocenters. The van der Waals surface area contributed by atoms with Gasteiger partial charge in [-0.3, -0.25) is 9.59 Å². The van der Waals surface area contributed by atoms with E-state index < -0.39 is 0 Å². The van der Waals surface area contributed by atoms with Gasteiger partial charge in [0.15, 0.2) is 0 Å². The largest absolute Gasteiger partial charge is 0.383 e. The summed E-state index contributed by atoms with van der Waals surface area (Å²) in [4.78, 5) is 32.6. The topological polar surface area (TPSA) is 53.1 Å². The molecule has 2 spiro atoms. The van der Waals surface area contributed by atoms with Crippen LogP contribution in [0, 0.1) is 5.41 Å². The molecule has 0 unspecified atom stereocenters. The zero-order valence-corrected chi connectivity index (χ0v) is 18.8. The number of carbonyl (C=O) groups is 2. The third-order valence-corrected chi connectivity index (χ3v) is 7.85. The number of methoxy groups -OCH3 is 1. The van der Waals surface area contributed by atoms with Crippen LogP contribution in [0.3, 0.4) is 0 Å². The lowest BCUT2D eigenvalue weighted by molar-refractivity contribution is -0.139. The van der Waals surface area contributed by atoms with Crippen molar-refractivity contribution in [1.29, 1.82) is 0 Å². The number of likely N-dealkylation sites (tertiary alicyclic amines) is 3. The first-order valence-electron chi connectivity index (χ1n) is 10.9. The molecule has 1 aromatic rings. The highest BCUT2D eigenvalue weighted by Crippen LogP contribution is 2.52. The van der Waals surface area contributed by atoms with E-state index in [1.165, 1.54) is 0 Å². The van der Waals surface area contributed by atoms with Gasteiger partial charge in [0.05, 0.1) is 12.0 Å². The predicted octanol–water partition coefficient (Wildman–Crippen LogP) is 2.91. The summed E-state index contributed by atoms with van der Waals surface area (Å²) in [6.45, 7) is 4.94. The molecule has 0 aromatic heterocycles. The molecule has 1 aromatic carbocycles. The number of hydrogen-bond donors (Lipinski definition) is 0. The van der Waals surface area contributed by atoms with Crippen LogP contribution < -0.4 is 0 Å². The molecule has 30 heavy (non-hydrogen) atoms. The van der Waals surface area contributed by atoms with E-state index in [0.29, 0.717) is 29.6 Å². The first-order valence-corrected chi connectivity index (χ1v) is 11.3. The molecule has 7 heteroatoms. The highest BCUT2D eigenvalue weighted by Gasteiger charge is 2.58. The summed E-state index contributed by atoms with van der Waals surface area (Å²) in [6, 6.07) is 7.14. The highest BCUT2D eigenvalue weighted by molar-refractivity contribution is 6.30. The van der Waals surface area contributed by atoms with E-state index in [9.17, 15) is 9.59 Å². The van der Waals surface area contributed by atoms with E-state index in [1.54, 1.807) is 19.2 Å². The first kappa shape index (κ1) is 21.6. The average molecular weight is 434 g/mol. The summed E-state index contributed by atoms with van der Waals surface area (Å²) in [5.74, 6) is 0.337. The van der Waals surface area contributed by atoms with Crippen LogP contribution >= 0.6 is 11.6 Å². The number of amides is 2. The maximum atomic E-state index is 13.3. The summed E-state index contributed by atoms with van der Waals surface area (Å²) >= 11 is 6.06. The summed E-state index contributed by atoms with van der Waals surface area (Å²) in [7, 11) is 3.71. The fourth-order valence-electron chi connectivity index (χ4n) is 5.65. The number of rotatable bonds is 4. The Labute approximate surface area is 184 Å². The van der Waals surface area contributed by atoms with Crippen LogP contribution in [0.5, 0.6) is 0 Å². The number of piperidine rings is 2. The summed E-state index contributed by atoms with van der Waals surface area (Å²) in [5.41, 5.74) is 0.295. The van der Waals surface area contributed by atoms with Crippen LogP contribution in [0.15, 0.2) is 24.3 Å². The minimum Gasteiger partial charge on any atom is -0.383 e. The molecule has 3 saturated heterocycles. The number of ether oxygens (including phenoxy) is 1. The summed E-state index contributed by atoms with van der Waals surface area (Å²) in [6.07, 6.45) is 4.46. The second kappa shape index (κ2) is 8.48. The predicted molar refractivity (Wildman–Crippen MR) is 117 cm³/mol. The Balaban J connectivity index is 1.40. The number of carbonyl (C=O) groups excluding carboxylic acids is 2. The average Bonchev–Trinajstić information content (AvgIpc) is 2.95. The Bertz CT molecular complexity index is 799. The fourth-order valence-corrected chi connectivity index (χ4v) is 5.84. The Hall–Kier alpha value is -1.63. The normalized spacial score (nSPS) is 23.5. The minimum absolute atomic E-state index is 0.0282. The summed E-state index contributed by atoms with van der Waals surface area (Å²) in [5, 5.41) is 0.578. The van der Waals surface area contributed by atoms with Crippen LogP contribution in [0.4, 0.5) is 0 Å². The van der Waals surface area contributed by atoms with Gasteiger partial charge in [0.2, 0.25) is 5.91 Å². The Morgan fingerprint density at radius 3 is 2.47 bits per heavy atom. The Morgan fingerprint density at radius 2 is 1.83 bits per heavy atom. The van der Waals surface area contributed by atoms with E-state index >= 15 is 0 Å². The van der Waals surface area contributed by atoms with Gasteiger partial charge in [0.1, 0.15) is 0 Å². The van der Waals surface area contributed by atoms with Crippen molar-refractivity contribution in [3.8, 4) is 0 Å². The quantitative estimate of drug-likeness (QED) is 0.732. The molecule has 6 nitrogen and oxygen atoms in total. The summed E-state index contributed by atoms with van der Waals surface area (Å²) < 4.78 is 5.20. The van der Waals surface area contributed by atoms with Crippen LogP contribution in [0.25, 0.3) is 0 Å². The van der Waals surface area contributed by atoms with Crippen LogP contribution in [-0.2, 0) is 9.53 Å². The lowest BCUT2D eigenvalue weighted by atomic mass is 9.71. The molecule has 0 N–H and O–H groups in total. The molecular formula is C23H32ClN3O3. The molecule has 3 fully saturated rings. The van der Waals surface area contributed by atoms with Gasteiger partial charge < -0.3 is 19.4 Å². The molecule has 0 bridgehead atoms. The second-order valence-corrected chi connectivity index (χ2v) is 9.62. The Morgan fingerprint density at radius 1 is 1.13 bits per heavy atom. The zero-order chi connectivity index (χ0) is 21.4. The molecule has 0 saturated carbocycles. The monoisotopic (exact) mass is 433 g/mol. The maximum absolute atomic E-state index is 13.3. The van der Waals surface area contributed by atoms with Crippen molar-refractivity contribution in [3.63, 3.8) is 0 Å². The van der Waals surface area contributed by atoms with E-state index in [2.05, 4.69) is 4.90 Å². The van der Waals surface area contributed by atoms with Gasteiger partial charge in [-0.15, -0.1) is 0 Å². The SMILES string of the molecule is COCCN1CCC2(CC1)CC1(CCN(C(=O)c3cccc(Cl)c3)CC1)N(C)C2=O. The van der Waals surface area contributed by atoms with Crippen molar-refractivity contribution in [2.75, 3.05) is 53.5 Å². The van der Waals surface area contributed by atoms with Crippen molar-refractivity contribution in [3.05, 3.63) is 34.9 Å². The molecule has 3 heterocycles. The van der Waals surface area contributed by atoms with E-state index in [4.69, 9.17) is 16.3 Å². The lowest BCUT2D eigenvalue weighted by Gasteiger charge is -2.44. The van der Waals surface area contributed by atoms with Gasteiger partial charge in [-0.1, -0.05) is 17.7 Å². The number of benzene rings is 1. The molecule has 164 valence electrons. The Kier molecular flexibility index (Phi) is 6.11. The van der Waals surface area contributed by atoms with Gasteiger partial charge >= 0.3 is 0 Å². The molecule has 2 amide bonds. The van der Waals surface area contributed by atoms with Crippen LogP contribution in [0.1, 0.15) is 42.5 Å². The maximum Gasteiger partial charge on any atom is 0.253 e. The van der Waals surface area contributed by atoms with Crippen molar-refractivity contribution < 1.29 is 14.3 Å². The van der Waals surface area contributed by atoms with Gasteiger partial charge in [-0.05, 0) is 63.4 Å². The fraction of sp³-hybridized carbons (Fsp3) is 0.652. The minimum atomic E-state index is -0.225. The van der Waals surface area contributed by atoms with Crippen LogP contribution in [-0.4, -0.2) is 85.5 Å². The van der Waals surface area contributed by atoms with Gasteiger partial charge in [-0.2, -0.15) is 0 Å². The molecule has 3 aliphatic heterocycles. The third-order valence-electron chi connectivity index (χ3n) is 7.62. The van der Waals surface area contributed by atoms with Gasteiger partial charge in [-0.25, -0.2) is 0 Å². The van der Waals surface area contributed by atoms with Crippen molar-refractivity contribution in [1.82, 2.24) is 14.7 Å².